The molecule has 1 fully saturated rings. The molecule has 1 aliphatic rings. The first kappa shape index (κ1) is 16.4. The van der Waals surface area contributed by atoms with Crippen molar-refractivity contribution in [1.82, 2.24) is 9.21 Å². The van der Waals surface area contributed by atoms with Gasteiger partial charge in [0, 0.05) is 46.4 Å². The highest BCUT2D eigenvalue weighted by Crippen LogP contribution is 2.20. The van der Waals surface area contributed by atoms with Gasteiger partial charge in [-0.05, 0) is 25.0 Å². The number of benzene rings is 1. The summed E-state index contributed by atoms with van der Waals surface area (Å²) in [5, 5.41) is 0. The van der Waals surface area contributed by atoms with Crippen LogP contribution in [-0.4, -0.2) is 64.1 Å². The van der Waals surface area contributed by atoms with Crippen molar-refractivity contribution in [3.05, 3.63) is 29.8 Å². The number of ether oxygens (including phenoxy) is 1. The van der Waals surface area contributed by atoms with E-state index in [-0.39, 0.29) is 0 Å². The maximum Gasteiger partial charge on any atom is 0.243 e. The van der Waals surface area contributed by atoms with Crippen LogP contribution < -0.4 is 0 Å². The summed E-state index contributed by atoms with van der Waals surface area (Å²) in [6.45, 7) is 6.25. The Morgan fingerprint density at radius 2 is 1.81 bits per heavy atom. The van der Waals surface area contributed by atoms with Crippen LogP contribution in [0.25, 0.3) is 0 Å². The molecular weight excluding hydrogens is 288 g/mol. The van der Waals surface area contributed by atoms with Gasteiger partial charge in [-0.2, -0.15) is 4.31 Å². The zero-order valence-electron chi connectivity index (χ0n) is 12.8. The third-order valence-electron chi connectivity index (χ3n) is 3.87. The third-order valence-corrected chi connectivity index (χ3v) is 5.92. The lowest BCUT2D eigenvalue weighted by Gasteiger charge is -2.34. The van der Waals surface area contributed by atoms with E-state index in [4.69, 9.17) is 4.74 Å². The molecule has 0 aliphatic carbocycles. The lowest BCUT2D eigenvalue weighted by molar-refractivity contribution is 0.149. The SMILES string of the molecule is COCCCN1CCN(S(=O)(=O)c2ccccc2C)CC1. The molecule has 0 N–H and O–H groups in total. The van der Waals surface area contributed by atoms with Crippen molar-refractivity contribution in [2.24, 2.45) is 0 Å². The summed E-state index contributed by atoms with van der Waals surface area (Å²) in [5.41, 5.74) is 0.806. The van der Waals surface area contributed by atoms with Gasteiger partial charge in [0.15, 0.2) is 0 Å². The van der Waals surface area contributed by atoms with Crippen LogP contribution in [0.15, 0.2) is 29.2 Å². The molecule has 0 saturated carbocycles. The number of nitrogens with zero attached hydrogens (tertiary/aromatic N) is 2. The van der Waals surface area contributed by atoms with E-state index in [0.717, 1.165) is 38.2 Å². The van der Waals surface area contributed by atoms with Crippen molar-refractivity contribution >= 4 is 10.0 Å². The van der Waals surface area contributed by atoms with Gasteiger partial charge in [-0.1, -0.05) is 18.2 Å². The molecular formula is C15H24N2O3S. The number of piperazine rings is 1. The lowest BCUT2D eigenvalue weighted by atomic mass is 10.2. The van der Waals surface area contributed by atoms with Crippen molar-refractivity contribution in [2.45, 2.75) is 18.2 Å². The van der Waals surface area contributed by atoms with Gasteiger partial charge in [0.05, 0.1) is 4.90 Å². The van der Waals surface area contributed by atoms with Crippen molar-refractivity contribution in [3.8, 4) is 0 Å². The number of rotatable bonds is 6. The van der Waals surface area contributed by atoms with E-state index in [1.807, 2.05) is 19.1 Å². The van der Waals surface area contributed by atoms with Gasteiger partial charge in [-0.3, -0.25) is 0 Å². The highest BCUT2D eigenvalue weighted by Gasteiger charge is 2.29. The smallest absolute Gasteiger partial charge is 0.243 e. The molecule has 0 atom stereocenters. The first-order chi connectivity index (χ1) is 10.1. The van der Waals surface area contributed by atoms with Crippen LogP contribution in [0.4, 0.5) is 0 Å². The van der Waals surface area contributed by atoms with E-state index in [9.17, 15) is 8.42 Å². The first-order valence-corrected chi connectivity index (χ1v) is 8.77. The molecule has 1 aromatic rings. The fourth-order valence-corrected chi connectivity index (χ4v) is 4.26. The highest BCUT2D eigenvalue weighted by molar-refractivity contribution is 7.89. The Morgan fingerprint density at radius 3 is 2.43 bits per heavy atom. The molecule has 0 bridgehead atoms. The second-order valence-electron chi connectivity index (χ2n) is 5.36. The predicted molar refractivity (Wildman–Crippen MR) is 82.9 cm³/mol. The molecule has 5 nitrogen and oxygen atoms in total. The van der Waals surface area contributed by atoms with Crippen LogP contribution in [0.3, 0.4) is 0 Å². The van der Waals surface area contributed by atoms with Crippen molar-refractivity contribution in [2.75, 3.05) is 46.4 Å². The van der Waals surface area contributed by atoms with E-state index in [2.05, 4.69) is 4.90 Å². The lowest BCUT2D eigenvalue weighted by Crippen LogP contribution is -2.48. The minimum absolute atomic E-state index is 0.429. The quantitative estimate of drug-likeness (QED) is 0.744. The second kappa shape index (κ2) is 7.35. The van der Waals surface area contributed by atoms with Crippen LogP contribution in [0.5, 0.6) is 0 Å². The molecule has 1 saturated heterocycles. The summed E-state index contributed by atoms with van der Waals surface area (Å²) in [5.74, 6) is 0. The van der Waals surface area contributed by atoms with Crippen molar-refractivity contribution in [3.63, 3.8) is 0 Å². The Bertz CT molecular complexity index is 552. The number of hydrogen-bond donors (Lipinski definition) is 0. The van der Waals surface area contributed by atoms with Crippen LogP contribution in [0.1, 0.15) is 12.0 Å². The summed E-state index contributed by atoms with van der Waals surface area (Å²) in [6.07, 6.45) is 0.987. The first-order valence-electron chi connectivity index (χ1n) is 7.33. The van der Waals surface area contributed by atoms with E-state index < -0.39 is 10.0 Å². The highest BCUT2D eigenvalue weighted by atomic mass is 32.2. The zero-order chi connectivity index (χ0) is 15.3. The van der Waals surface area contributed by atoms with E-state index in [1.165, 1.54) is 0 Å². The fraction of sp³-hybridized carbons (Fsp3) is 0.600. The van der Waals surface area contributed by atoms with Crippen LogP contribution in [-0.2, 0) is 14.8 Å². The van der Waals surface area contributed by atoms with Crippen LogP contribution in [0.2, 0.25) is 0 Å². The number of sulfonamides is 1. The molecule has 2 rings (SSSR count). The Labute approximate surface area is 127 Å². The zero-order valence-corrected chi connectivity index (χ0v) is 13.6. The monoisotopic (exact) mass is 312 g/mol. The van der Waals surface area contributed by atoms with Gasteiger partial charge in [0.2, 0.25) is 10.0 Å². The molecule has 118 valence electrons. The van der Waals surface area contributed by atoms with Gasteiger partial charge < -0.3 is 9.64 Å². The number of methoxy groups -OCH3 is 1. The standard InChI is InChI=1S/C15H24N2O3S/c1-14-6-3-4-7-15(14)21(18,19)17-11-9-16(10-12-17)8-5-13-20-2/h3-4,6-7H,5,8-13H2,1-2H3. The summed E-state index contributed by atoms with van der Waals surface area (Å²) >= 11 is 0. The van der Waals surface area contributed by atoms with E-state index in [0.29, 0.717) is 18.0 Å². The van der Waals surface area contributed by atoms with Gasteiger partial charge in [0.25, 0.3) is 0 Å². The van der Waals surface area contributed by atoms with Crippen molar-refractivity contribution in [1.29, 1.82) is 0 Å². The molecule has 0 radical (unpaired) electrons. The summed E-state index contributed by atoms with van der Waals surface area (Å²) in [4.78, 5) is 2.72. The molecule has 0 aromatic heterocycles. The Hall–Kier alpha value is -0.950. The molecule has 1 aromatic carbocycles. The van der Waals surface area contributed by atoms with Gasteiger partial charge in [-0.25, -0.2) is 8.42 Å². The van der Waals surface area contributed by atoms with E-state index in [1.54, 1.807) is 23.5 Å². The third kappa shape index (κ3) is 4.03. The molecule has 0 spiro atoms. The van der Waals surface area contributed by atoms with Gasteiger partial charge in [-0.15, -0.1) is 0 Å². The number of hydrogen-bond acceptors (Lipinski definition) is 4. The Kier molecular flexibility index (Phi) is 5.75. The molecule has 1 heterocycles. The summed E-state index contributed by atoms with van der Waals surface area (Å²) in [6, 6.07) is 7.17. The normalized spacial score (nSPS) is 18.0. The fourth-order valence-electron chi connectivity index (χ4n) is 2.61. The van der Waals surface area contributed by atoms with Gasteiger partial charge in [0.1, 0.15) is 0 Å². The summed E-state index contributed by atoms with van der Waals surface area (Å²) in [7, 11) is -1.66. The maximum absolute atomic E-state index is 12.7. The minimum atomic E-state index is -3.36. The topological polar surface area (TPSA) is 49.9 Å². The largest absolute Gasteiger partial charge is 0.385 e. The molecule has 1 aliphatic heterocycles. The number of aryl methyl sites for hydroxylation is 1. The predicted octanol–water partition coefficient (Wildman–Crippen LogP) is 1.34. The average molecular weight is 312 g/mol. The minimum Gasteiger partial charge on any atom is -0.385 e. The maximum atomic E-state index is 12.7. The Morgan fingerprint density at radius 1 is 1.14 bits per heavy atom. The van der Waals surface area contributed by atoms with Gasteiger partial charge >= 0.3 is 0 Å². The van der Waals surface area contributed by atoms with Crippen LogP contribution >= 0.6 is 0 Å². The second-order valence-corrected chi connectivity index (χ2v) is 7.26. The molecule has 21 heavy (non-hydrogen) atoms. The molecule has 6 heteroatoms. The summed E-state index contributed by atoms with van der Waals surface area (Å²) < 4.78 is 32.0. The van der Waals surface area contributed by atoms with Crippen LogP contribution in [0, 0.1) is 6.92 Å². The van der Waals surface area contributed by atoms with E-state index >= 15 is 0 Å². The average Bonchev–Trinajstić information content (AvgIpc) is 2.48. The molecule has 0 amide bonds. The molecule has 0 unspecified atom stereocenters. The Balaban J connectivity index is 1.97. The van der Waals surface area contributed by atoms with Crippen molar-refractivity contribution < 1.29 is 13.2 Å².